The Labute approximate surface area is 111 Å². The molecule has 104 valence electrons. The summed E-state index contributed by atoms with van der Waals surface area (Å²) in [5.41, 5.74) is 0.882. The Morgan fingerprint density at radius 2 is 2.16 bits per heavy atom. The van der Waals surface area contributed by atoms with E-state index in [9.17, 15) is 20.1 Å². The Bertz CT molecular complexity index is 422. The van der Waals surface area contributed by atoms with Crippen molar-refractivity contribution in [2.75, 3.05) is 26.3 Å². The second-order valence-corrected chi connectivity index (χ2v) is 4.81. The number of hydrogen-bond acceptors (Lipinski definition) is 5. The van der Waals surface area contributed by atoms with E-state index in [0.29, 0.717) is 13.1 Å². The molecule has 0 aliphatic carbocycles. The van der Waals surface area contributed by atoms with Crippen molar-refractivity contribution in [2.24, 2.45) is 5.92 Å². The zero-order chi connectivity index (χ0) is 13.8. The molecule has 1 aliphatic rings. The van der Waals surface area contributed by atoms with Gasteiger partial charge in [0.2, 0.25) is 0 Å². The predicted octanol–water partition coefficient (Wildman–Crippen LogP) is -0.465. The smallest absolute Gasteiger partial charge is 0.308 e. The highest BCUT2D eigenvalue weighted by atomic mass is 16.4. The maximum Gasteiger partial charge on any atom is 0.308 e. The molecule has 1 fully saturated rings. The molecule has 2 rings (SSSR count). The second kappa shape index (κ2) is 6.10. The molecule has 0 spiro atoms. The molecule has 0 radical (unpaired) electrons. The SMILES string of the molecule is O=C(O)[C@@H]1CN(C(CO)CO)C[C@H]1c1cccnc1. The number of nitrogens with zero attached hydrogens (tertiary/aromatic N) is 2. The molecule has 1 aromatic rings. The van der Waals surface area contributed by atoms with Gasteiger partial charge in [-0.15, -0.1) is 0 Å². The Balaban J connectivity index is 2.20. The number of carbonyl (C=O) groups is 1. The minimum atomic E-state index is -0.856. The molecule has 0 saturated carbocycles. The molecule has 6 nitrogen and oxygen atoms in total. The summed E-state index contributed by atoms with van der Waals surface area (Å²) in [4.78, 5) is 17.2. The number of carboxylic acids is 1. The van der Waals surface area contributed by atoms with E-state index >= 15 is 0 Å². The Kier molecular flexibility index (Phi) is 4.47. The van der Waals surface area contributed by atoms with E-state index < -0.39 is 17.9 Å². The van der Waals surface area contributed by atoms with Crippen LogP contribution in [0.1, 0.15) is 11.5 Å². The van der Waals surface area contributed by atoms with Crippen molar-refractivity contribution in [3.63, 3.8) is 0 Å². The average Bonchev–Trinajstić information content (AvgIpc) is 2.86. The molecule has 2 heterocycles. The second-order valence-electron chi connectivity index (χ2n) is 4.81. The zero-order valence-corrected chi connectivity index (χ0v) is 10.5. The maximum absolute atomic E-state index is 11.4. The number of rotatable bonds is 5. The van der Waals surface area contributed by atoms with Crippen molar-refractivity contribution < 1.29 is 20.1 Å². The van der Waals surface area contributed by atoms with Gasteiger partial charge in [0, 0.05) is 31.4 Å². The van der Waals surface area contributed by atoms with Crippen LogP contribution in [0.15, 0.2) is 24.5 Å². The van der Waals surface area contributed by atoms with Crippen LogP contribution in [0.2, 0.25) is 0 Å². The van der Waals surface area contributed by atoms with Crippen molar-refractivity contribution in [3.8, 4) is 0 Å². The number of carboxylic acid groups (broad SMARTS) is 1. The van der Waals surface area contributed by atoms with E-state index in [0.717, 1.165) is 5.56 Å². The van der Waals surface area contributed by atoms with E-state index in [4.69, 9.17) is 0 Å². The fourth-order valence-corrected chi connectivity index (χ4v) is 2.60. The fourth-order valence-electron chi connectivity index (χ4n) is 2.60. The molecule has 19 heavy (non-hydrogen) atoms. The summed E-state index contributed by atoms with van der Waals surface area (Å²) >= 11 is 0. The number of pyridine rings is 1. The molecule has 6 heteroatoms. The van der Waals surface area contributed by atoms with Crippen LogP contribution in [0.5, 0.6) is 0 Å². The van der Waals surface area contributed by atoms with Crippen LogP contribution in [-0.2, 0) is 4.79 Å². The first-order valence-corrected chi connectivity index (χ1v) is 6.25. The largest absolute Gasteiger partial charge is 0.481 e. The monoisotopic (exact) mass is 266 g/mol. The molecular weight excluding hydrogens is 248 g/mol. The van der Waals surface area contributed by atoms with Gasteiger partial charge in [-0.3, -0.25) is 14.7 Å². The lowest BCUT2D eigenvalue weighted by molar-refractivity contribution is -0.141. The Morgan fingerprint density at radius 1 is 1.42 bits per heavy atom. The molecule has 3 N–H and O–H groups in total. The van der Waals surface area contributed by atoms with E-state index in [1.54, 1.807) is 18.5 Å². The minimum Gasteiger partial charge on any atom is -0.481 e. The summed E-state index contributed by atoms with van der Waals surface area (Å²) in [6.07, 6.45) is 3.33. The summed E-state index contributed by atoms with van der Waals surface area (Å²) in [6.45, 7) is 0.486. The Morgan fingerprint density at radius 3 is 2.68 bits per heavy atom. The predicted molar refractivity (Wildman–Crippen MR) is 67.6 cm³/mol. The lowest BCUT2D eigenvalue weighted by Crippen LogP contribution is -2.39. The number of hydrogen-bond donors (Lipinski definition) is 3. The lowest BCUT2D eigenvalue weighted by atomic mass is 9.90. The zero-order valence-electron chi connectivity index (χ0n) is 10.5. The summed E-state index contributed by atoms with van der Waals surface area (Å²) in [7, 11) is 0. The van der Waals surface area contributed by atoms with Crippen molar-refractivity contribution in [2.45, 2.75) is 12.0 Å². The standard InChI is InChI=1S/C13H18N2O4/c16-7-10(8-17)15-5-11(12(6-15)13(18)19)9-2-1-3-14-4-9/h1-4,10-12,16-17H,5-8H2,(H,18,19)/t11-,12+/m0/s1. The molecule has 0 unspecified atom stereocenters. The van der Waals surface area contributed by atoms with Gasteiger partial charge in [-0.05, 0) is 11.6 Å². The highest BCUT2D eigenvalue weighted by molar-refractivity contribution is 5.72. The third-order valence-corrected chi connectivity index (χ3v) is 3.72. The highest BCUT2D eigenvalue weighted by Crippen LogP contribution is 2.33. The van der Waals surface area contributed by atoms with Crippen LogP contribution in [0.25, 0.3) is 0 Å². The Hall–Kier alpha value is -1.50. The van der Waals surface area contributed by atoms with Gasteiger partial charge in [-0.1, -0.05) is 6.07 Å². The van der Waals surface area contributed by atoms with Gasteiger partial charge < -0.3 is 15.3 Å². The van der Waals surface area contributed by atoms with Crippen molar-refractivity contribution in [1.82, 2.24) is 9.88 Å². The summed E-state index contributed by atoms with van der Waals surface area (Å²) in [5, 5.41) is 27.7. The van der Waals surface area contributed by atoms with Gasteiger partial charge in [0.15, 0.2) is 0 Å². The number of aliphatic hydroxyl groups excluding tert-OH is 2. The highest BCUT2D eigenvalue weighted by Gasteiger charge is 2.40. The van der Waals surface area contributed by atoms with E-state index in [2.05, 4.69) is 4.98 Å². The number of aliphatic hydroxyl groups is 2. The third-order valence-electron chi connectivity index (χ3n) is 3.72. The summed E-state index contributed by atoms with van der Waals surface area (Å²) in [5.74, 6) is -1.55. The van der Waals surface area contributed by atoms with Crippen LogP contribution >= 0.6 is 0 Å². The quantitative estimate of drug-likeness (QED) is 0.667. The van der Waals surface area contributed by atoms with Crippen molar-refractivity contribution in [1.29, 1.82) is 0 Å². The summed E-state index contributed by atoms with van der Waals surface area (Å²) in [6, 6.07) is 3.25. The van der Waals surface area contributed by atoms with Gasteiger partial charge in [-0.25, -0.2) is 0 Å². The van der Waals surface area contributed by atoms with Gasteiger partial charge in [0.1, 0.15) is 0 Å². The van der Waals surface area contributed by atoms with Crippen LogP contribution in [0, 0.1) is 5.92 Å². The molecule has 1 saturated heterocycles. The fraction of sp³-hybridized carbons (Fsp3) is 0.538. The number of aromatic nitrogens is 1. The number of aliphatic carboxylic acids is 1. The molecular formula is C13H18N2O4. The first-order chi connectivity index (χ1) is 9.17. The minimum absolute atomic E-state index is 0.160. The van der Waals surface area contributed by atoms with Crippen LogP contribution in [-0.4, -0.2) is 63.5 Å². The van der Waals surface area contributed by atoms with E-state index in [1.807, 2.05) is 11.0 Å². The van der Waals surface area contributed by atoms with Crippen LogP contribution < -0.4 is 0 Å². The molecule has 0 bridgehead atoms. The first-order valence-electron chi connectivity index (χ1n) is 6.25. The van der Waals surface area contributed by atoms with Crippen LogP contribution in [0.4, 0.5) is 0 Å². The number of likely N-dealkylation sites (tertiary alicyclic amines) is 1. The van der Waals surface area contributed by atoms with E-state index in [1.165, 1.54) is 0 Å². The molecule has 0 aromatic carbocycles. The van der Waals surface area contributed by atoms with Crippen molar-refractivity contribution >= 4 is 5.97 Å². The normalized spacial score (nSPS) is 23.9. The summed E-state index contributed by atoms with van der Waals surface area (Å²) < 4.78 is 0. The average molecular weight is 266 g/mol. The molecule has 0 amide bonds. The topological polar surface area (TPSA) is 93.9 Å². The molecule has 1 aliphatic heterocycles. The van der Waals surface area contributed by atoms with E-state index in [-0.39, 0.29) is 19.1 Å². The van der Waals surface area contributed by atoms with Gasteiger partial charge in [0.05, 0.1) is 25.2 Å². The third kappa shape index (κ3) is 2.91. The van der Waals surface area contributed by atoms with Crippen molar-refractivity contribution in [3.05, 3.63) is 30.1 Å². The van der Waals surface area contributed by atoms with Gasteiger partial charge >= 0.3 is 5.97 Å². The van der Waals surface area contributed by atoms with Crippen LogP contribution in [0.3, 0.4) is 0 Å². The first kappa shape index (κ1) is 13.9. The van der Waals surface area contributed by atoms with Gasteiger partial charge in [0.25, 0.3) is 0 Å². The molecule has 1 aromatic heterocycles. The molecule has 2 atom stereocenters. The maximum atomic E-state index is 11.4. The van der Waals surface area contributed by atoms with Gasteiger partial charge in [-0.2, -0.15) is 0 Å². The lowest BCUT2D eigenvalue weighted by Gasteiger charge is -2.24.